The van der Waals surface area contributed by atoms with E-state index in [4.69, 9.17) is 4.74 Å². The van der Waals surface area contributed by atoms with E-state index in [2.05, 4.69) is 6.92 Å². The van der Waals surface area contributed by atoms with Crippen LogP contribution in [0.15, 0.2) is 30.3 Å². The summed E-state index contributed by atoms with van der Waals surface area (Å²) in [4.78, 5) is 0. The van der Waals surface area contributed by atoms with Gasteiger partial charge in [-0.3, -0.25) is 0 Å². The van der Waals surface area contributed by atoms with Gasteiger partial charge in [0, 0.05) is 5.56 Å². The number of ether oxygens (including phenoxy) is 1. The largest absolute Gasteiger partial charge is 0.427 e. The van der Waals surface area contributed by atoms with Crippen molar-refractivity contribution in [1.82, 2.24) is 0 Å². The van der Waals surface area contributed by atoms with Crippen LogP contribution in [0, 0.1) is 18.7 Å². The van der Waals surface area contributed by atoms with Gasteiger partial charge >= 0.3 is 6.11 Å². The highest BCUT2D eigenvalue weighted by Crippen LogP contribution is 2.49. The van der Waals surface area contributed by atoms with Gasteiger partial charge in [0.1, 0.15) is 0 Å². The first-order chi connectivity index (χ1) is 13.9. The van der Waals surface area contributed by atoms with Crippen molar-refractivity contribution < 1.29 is 17.9 Å². The van der Waals surface area contributed by atoms with Gasteiger partial charge in [0.2, 0.25) is 0 Å². The van der Waals surface area contributed by atoms with Gasteiger partial charge in [0.25, 0.3) is 0 Å². The number of hydrogen-bond donors (Lipinski definition) is 0. The Morgan fingerprint density at radius 1 is 1.00 bits per heavy atom. The van der Waals surface area contributed by atoms with Crippen molar-refractivity contribution in [2.45, 2.75) is 77.2 Å². The first-order valence-corrected chi connectivity index (χ1v) is 10.9. The van der Waals surface area contributed by atoms with Crippen LogP contribution < -0.4 is 4.74 Å². The first-order valence-electron chi connectivity index (χ1n) is 10.9. The van der Waals surface area contributed by atoms with Crippen LogP contribution in [0.1, 0.15) is 80.9 Å². The molecule has 0 spiro atoms. The van der Waals surface area contributed by atoms with Gasteiger partial charge in [0.15, 0.2) is 11.6 Å². The number of alkyl halides is 2. The van der Waals surface area contributed by atoms with Crippen LogP contribution in [0.2, 0.25) is 0 Å². The molecule has 1 aliphatic heterocycles. The lowest BCUT2D eigenvalue weighted by molar-refractivity contribution is -0.188. The van der Waals surface area contributed by atoms with Gasteiger partial charge in [-0.2, -0.15) is 8.78 Å². The van der Waals surface area contributed by atoms with E-state index in [1.54, 1.807) is 31.2 Å². The summed E-state index contributed by atoms with van der Waals surface area (Å²) in [6, 6.07) is 8.55. The number of fused-ring (bicyclic) bond motifs is 3. The zero-order chi connectivity index (χ0) is 20.6. The molecule has 0 N–H and O–H groups in total. The number of halogens is 3. The molecule has 0 aromatic heterocycles. The Bertz CT molecular complexity index is 882. The van der Waals surface area contributed by atoms with Gasteiger partial charge in [-0.1, -0.05) is 56.9 Å². The Balaban J connectivity index is 1.57. The van der Waals surface area contributed by atoms with Crippen molar-refractivity contribution in [3.8, 4) is 16.9 Å². The third kappa shape index (κ3) is 3.91. The molecule has 156 valence electrons. The molecule has 4 heteroatoms. The Labute approximate surface area is 171 Å². The second-order valence-electron chi connectivity index (χ2n) is 8.71. The zero-order valence-corrected chi connectivity index (χ0v) is 17.2. The lowest BCUT2D eigenvalue weighted by Gasteiger charge is -2.32. The maximum atomic E-state index is 14.8. The monoisotopic (exact) mass is 402 g/mol. The summed E-state index contributed by atoms with van der Waals surface area (Å²) in [5.74, 6) is 0.0362. The maximum absolute atomic E-state index is 14.8. The minimum atomic E-state index is -3.52. The Kier molecular flexibility index (Phi) is 5.63. The topological polar surface area (TPSA) is 9.23 Å². The average molecular weight is 403 g/mol. The van der Waals surface area contributed by atoms with Crippen LogP contribution >= 0.6 is 0 Å². The fourth-order valence-corrected chi connectivity index (χ4v) is 4.91. The Morgan fingerprint density at radius 2 is 1.72 bits per heavy atom. The fraction of sp³-hybridized carbons (Fsp3) is 0.520. The molecule has 1 aliphatic carbocycles. The van der Waals surface area contributed by atoms with Crippen molar-refractivity contribution in [3.05, 3.63) is 52.8 Å². The molecule has 1 saturated carbocycles. The Morgan fingerprint density at radius 3 is 2.45 bits per heavy atom. The van der Waals surface area contributed by atoms with Crippen molar-refractivity contribution in [1.29, 1.82) is 0 Å². The van der Waals surface area contributed by atoms with Crippen molar-refractivity contribution in [3.63, 3.8) is 0 Å². The van der Waals surface area contributed by atoms with E-state index in [1.165, 1.54) is 38.5 Å². The molecule has 29 heavy (non-hydrogen) atoms. The summed E-state index contributed by atoms with van der Waals surface area (Å²) in [6.45, 7) is 3.77. The highest BCUT2D eigenvalue weighted by molar-refractivity contribution is 5.77. The minimum Gasteiger partial charge on any atom is -0.425 e. The predicted molar refractivity (Wildman–Crippen MR) is 110 cm³/mol. The molecule has 2 aromatic rings. The quantitative estimate of drug-likeness (QED) is 0.459. The molecule has 0 amide bonds. The van der Waals surface area contributed by atoms with Gasteiger partial charge < -0.3 is 4.74 Å². The lowest BCUT2D eigenvalue weighted by atomic mass is 9.76. The number of hydrogen-bond acceptors (Lipinski definition) is 1. The summed E-state index contributed by atoms with van der Waals surface area (Å²) in [7, 11) is 0. The second kappa shape index (κ2) is 8.04. The maximum Gasteiger partial charge on any atom is 0.427 e. The van der Waals surface area contributed by atoms with Crippen LogP contribution in [0.25, 0.3) is 11.1 Å². The number of rotatable bonds is 5. The van der Waals surface area contributed by atoms with Crippen LogP contribution in [0.5, 0.6) is 5.75 Å². The van der Waals surface area contributed by atoms with E-state index in [9.17, 15) is 13.2 Å². The summed E-state index contributed by atoms with van der Waals surface area (Å²) in [5, 5.41) is 0. The third-order valence-corrected chi connectivity index (χ3v) is 6.70. The number of unbranched alkanes of at least 4 members (excludes halogenated alkanes) is 2. The molecule has 2 aliphatic rings. The standard InChI is InChI=1S/C25H29F3O/c1-3-4-5-6-17-8-10-18(11-9-17)19-12-14-20-21-13-7-16(2)23(26)24(21)29-25(27,28)22(20)15-19/h7,12-15,17-18H,3-6,8-11H2,1-2H3. The van der Waals surface area contributed by atoms with Gasteiger partial charge in [-0.15, -0.1) is 0 Å². The molecule has 0 saturated heterocycles. The number of benzene rings is 2. The van der Waals surface area contributed by atoms with Crippen LogP contribution in [-0.4, -0.2) is 0 Å². The first kappa shape index (κ1) is 20.3. The molecule has 1 nitrogen and oxygen atoms in total. The van der Waals surface area contributed by atoms with E-state index in [1.807, 2.05) is 6.07 Å². The molecule has 1 heterocycles. The summed E-state index contributed by atoms with van der Waals surface area (Å²) in [5.41, 5.74) is 1.88. The summed E-state index contributed by atoms with van der Waals surface area (Å²) in [6.07, 6.45) is 6.04. The third-order valence-electron chi connectivity index (χ3n) is 6.70. The predicted octanol–water partition coefficient (Wildman–Crippen LogP) is 8.10. The molecule has 0 bridgehead atoms. The molecule has 4 rings (SSSR count). The molecule has 0 atom stereocenters. The van der Waals surface area contributed by atoms with E-state index < -0.39 is 11.9 Å². The van der Waals surface area contributed by atoms with Crippen LogP contribution in [0.4, 0.5) is 13.2 Å². The normalized spacial score (nSPS) is 22.5. The SMILES string of the molecule is CCCCCC1CCC(c2ccc3c(c2)C(F)(F)Oc2c-3ccc(C)c2F)CC1. The average Bonchev–Trinajstić information content (AvgIpc) is 2.72. The van der Waals surface area contributed by atoms with Crippen molar-refractivity contribution >= 4 is 0 Å². The van der Waals surface area contributed by atoms with E-state index in [0.717, 1.165) is 24.3 Å². The zero-order valence-electron chi connectivity index (χ0n) is 17.2. The van der Waals surface area contributed by atoms with E-state index in [0.29, 0.717) is 22.6 Å². The highest BCUT2D eigenvalue weighted by Gasteiger charge is 2.43. The minimum absolute atomic E-state index is 0.143. The van der Waals surface area contributed by atoms with Crippen molar-refractivity contribution in [2.24, 2.45) is 5.92 Å². The van der Waals surface area contributed by atoms with Gasteiger partial charge in [-0.05, 0) is 67.2 Å². The molecular formula is C25H29F3O. The summed E-state index contributed by atoms with van der Waals surface area (Å²) >= 11 is 0. The van der Waals surface area contributed by atoms with E-state index >= 15 is 0 Å². The smallest absolute Gasteiger partial charge is 0.425 e. The fourth-order valence-electron chi connectivity index (χ4n) is 4.91. The second-order valence-corrected chi connectivity index (χ2v) is 8.71. The number of aryl methyl sites for hydroxylation is 1. The van der Waals surface area contributed by atoms with Gasteiger partial charge in [0.05, 0.1) is 5.56 Å². The molecular weight excluding hydrogens is 373 g/mol. The molecule has 0 unspecified atom stereocenters. The van der Waals surface area contributed by atoms with Gasteiger partial charge in [-0.25, -0.2) is 4.39 Å². The highest BCUT2D eigenvalue weighted by atomic mass is 19.3. The molecule has 1 fully saturated rings. The van der Waals surface area contributed by atoms with Crippen LogP contribution in [-0.2, 0) is 6.11 Å². The summed E-state index contributed by atoms with van der Waals surface area (Å²) < 4.78 is 48.8. The van der Waals surface area contributed by atoms with E-state index in [-0.39, 0.29) is 11.3 Å². The van der Waals surface area contributed by atoms with Crippen molar-refractivity contribution in [2.75, 3.05) is 0 Å². The Hall–Kier alpha value is -1.97. The molecule has 0 radical (unpaired) electrons. The lowest BCUT2D eigenvalue weighted by Crippen LogP contribution is -2.27. The van der Waals surface area contributed by atoms with Crippen LogP contribution in [0.3, 0.4) is 0 Å². The molecule has 2 aromatic carbocycles.